The number of allylic oxidation sites excluding steroid dienone is 1. The molecule has 3 rings (SSSR count). The van der Waals surface area contributed by atoms with Crippen molar-refractivity contribution in [3.63, 3.8) is 0 Å². The van der Waals surface area contributed by atoms with Gasteiger partial charge in [-0.2, -0.15) is 0 Å². The van der Waals surface area contributed by atoms with Gasteiger partial charge in [0.25, 0.3) is 0 Å². The van der Waals surface area contributed by atoms with E-state index in [9.17, 15) is 4.79 Å². The molecule has 1 atom stereocenters. The number of thioether (sulfide) groups is 1. The second-order valence-electron chi connectivity index (χ2n) is 5.51. The summed E-state index contributed by atoms with van der Waals surface area (Å²) in [5.41, 5.74) is 2.12. The van der Waals surface area contributed by atoms with Crippen molar-refractivity contribution in [2.75, 3.05) is 13.2 Å². The molecular weight excluding hydrogens is 416 g/mol. The zero-order chi connectivity index (χ0) is 18.7. The predicted octanol–water partition coefficient (Wildman–Crippen LogP) is 4.23. The monoisotopic (exact) mass is 432 g/mol. The number of halogens is 1. The summed E-state index contributed by atoms with van der Waals surface area (Å²) >= 11 is 5.05. The minimum absolute atomic E-state index is 0.191. The number of rotatable bonds is 5. The Kier molecular flexibility index (Phi) is 5.74. The molecule has 134 valence electrons. The molecule has 0 unspecified atom stereocenters. The second kappa shape index (κ2) is 8.02. The van der Waals surface area contributed by atoms with Crippen LogP contribution in [-0.2, 0) is 9.53 Å². The molecular formula is C19H17BrN2O3S. The van der Waals surface area contributed by atoms with Crippen molar-refractivity contribution in [2.45, 2.75) is 19.9 Å². The molecule has 0 bridgehead atoms. The van der Waals surface area contributed by atoms with Crippen molar-refractivity contribution in [1.82, 2.24) is 4.90 Å². The molecule has 0 fully saturated rings. The highest BCUT2D eigenvalue weighted by Crippen LogP contribution is 2.42. The normalized spacial score (nSPS) is 18.3. The van der Waals surface area contributed by atoms with Gasteiger partial charge in [0.05, 0.1) is 28.4 Å². The number of ether oxygens (including phenoxy) is 2. The molecule has 0 saturated heterocycles. The number of nitrogens with zero attached hydrogens (tertiary/aromatic N) is 2. The number of hydrogen-bond donors (Lipinski definition) is 0. The zero-order valence-corrected chi connectivity index (χ0v) is 16.8. The van der Waals surface area contributed by atoms with Crippen molar-refractivity contribution < 1.29 is 14.3 Å². The quantitative estimate of drug-likeness (QED) is 0.514. The number of amidine groups is 1. The van der Waals surface area contributed by atoms with E-state index in [0.717, 1.165) is 15.2 Å². The number of fused-ring (bicyclic) bond motifs is 1. The number of benzene rings is 1. The van der Waals surface area contributed by atoms with Crippen LogP contribution < -0.4 is 4.74 Å². The lowest BCUT2D eigenvalue weighted by Gasteiger charge is -2.33. The van der Waals surface area contributed by atoms with E-state index in [1.165, 1.54) is 11.8 Å². The van der Waals surface area contributed by atoms with Crippen LogP contribution in [0.25, 0.3) is 0 Å². The van der Waals surface area contributed by atoms with Crippen LogP contribution in [0.4, 0.5) is 0 Å². The molecule has 0 aliphatic carbocycles. The number of carbonyl (C=O) groups is 1. The molecule has 2 heterocycles. The first kappa shape index (κ1) is 18.6. The minimum Gasteiger partial charge on any atom is -0.480 e. The molecule has 0 saturated carbocycles. The molecule has 2 aliphatic rings. The third-order valence-electron chi connectivity index (χ3n) is 3.90. The standard InChI is InChI=1S/C19H17BrN2O3S/c1-4-9-25-15-7-6-13(11-14(15)20)17-16(18(23)24-5-2)12(3)21-19-22(17)8-10-26-19/h1,6-8,10-11,17H,5,9H2,2-3H3/t17-/m0/s1. The fourth-order valence-electron chi connectivity index (χ4n) is 2.82. The van der Waals surface area contributed by atoms with Crippen molar-refractivity contribution in [2.24, 2.45) is 4.99 Å². The largest absolute Gasteiger partial charge is 0.480 e. The lowest BCUT2D eigenvalue weighted by atomic mass is 9.95. The number of terminal acetylenes is 1. The van der Waals surface area contributed by atoms with Gasteiger partial charge in [-0.25, -0.2) is 9.79 Å². The van der Waals surface area contributed by atoms with Crippen LogP contribution in [0, 0.1) is 12.3 Å². The second-order valence-corrected chi connectivity index (χ2v) is 7.24. The van der Waals surface area contributed by atoms with Crippen LogP contribution in [-0.4, -0.2) is 29.3 Å². The summed E-state index contributed by atoms with van der Waals surface area (Å²) in [6.07, 6.45) is 7.18. The van der Waals surface area contributed by atoms with Gasteiger partial charge in [-0.1, -0.05) is 23.7 Å². The van der Waals surface area contributed by atoms with Crippen molar-refractivity contribution in [3.8, 4) is 18.1 Å². The molecule has 7 heteroatoms. The molecule has 0 spiro atoms. The molecule has 1 aromatic carbocycles. The van der Waals surface area contributed by atoms with Gasteiger partial charge >= 0.3 is 5.97 Å². The summed E-state index contributed by atoms with van der Waals surface area (Å²) in [5.74, 6) is 2.75. The maximum atomic E-state index is 12.6. The Hall–Kier alpha value is -2.17. The van der Waals surface area contributed by atoms with Crippen LogP contribution in [0.5, 0.6) is 5.75 Å². The molecule has 2 aliphatic heterocycles. The SMILES string of the molecule is C#CCOc1ccc([C@H]2C(C(=O)OCC)=C(C)N=C3SC=CN32)cc1Br. The first-order valence-corrected chi connectivity index (χ1v) is 9.68. The Morgan fingerprint density at radius 2 is 2.31 bits per heavy atom. The molecule has 0 amide bonds. The lowest BCUT2D eigenvalue weighted by molar-refractivity contribution is -0.139. The van der Waals surface area contributed by atoms with Crippen LogP contribution >= 0.6 is 27.7 Å². The molecule has 26 heavy (non-hydrogen) atoms. The molecule has 0 aromatic heterocycles. The van der Waals surface area contributed by atoms with E-state index in [2.05, 4.69) is 26.8 Å². The van der Waals surface area contributed by atoms with E-state index in [-0.39, 0.29) is 18.6 Å². The topological polar surface area (TPSA) is 51.1 Å². The van der Waals surface area contributed by atoms with Crippen LogP contribution in [0.1, 0.15) is 25.5 Å². The average Bonchev–Trinajstić information content (AvgIpc) is 3.07. The van der Waals surface area contributed by atoms with E-state index < -0.39 is 0 Å². The van der Waals surface area contributed by atoms with Gasteiger partial charge in [-0.3, -0.25) is 0 Å². The van der Waals surface area contributed by atoms with E-state index in [4.69, 9.17) is 15.9 Å². The van der Waals surface area contributed by atoms with E-state index in [1.807, 2.05) is 41.6 Å². The van der Waals surface area contributed by atoms with Gasteiger partial charge < -0.3 is 14.4 Å². The van der Waals surface area contributed by atoms with Gasteiger partial charge in [0.15, 0.2) is 5.17 Å². The van der Waals surface area contributed by atoms with E-state index >= 15 is 0 Å². The molecule has 5 nitrogen and oxygen atoms in total. The van der Waals surface area contributed by atoms with Crippen molar-refractivity contribution in [1.29, 1.82) is 0 Å². The number of carbonyl (C=O) groups excluding carboxylic acids is 1. The minimum atomic E-state index is -0.355. The van der Waals surface area contributed by atoms with Gasteiger partial charge in [-0.05, 0) is 52.9 Å². The van der Waals surface area contributed by atoms with Crippen LogP contribution in [0.2, 0.25) is 0 Å². The van der Waals surface area contributed by atoms with Gasteiger partial charge in [0.1, 0.15) is 12.4 Å². The summed E-state index contributed by atoms with van der Waals surface area (Å²) in [5, 5.41) is 2.79. The smallest absolute Gasteiger partial charge is 0.338 e. The summed E-state index contributed by atoms with van der Waals surface area (Å²) in [6.45, 7) is 4.13. The van der Waals surface area contributed by atoms with E-state index in [1.54, 1.807) is 6.92 Å². The number of aliphatic imine (C=N–C) groups is 1. The lowest BCUT2D eigenvalue weighted by Crippen LogP contribution is -2.34. The van der Waals surface area contributed by atoms with E-state index in [0.29, 0.717) is 23.6 Å². The predicted molar refractivity (Wildman–Crippen MR) is 107 cm³/mol. The molecule has 1 aromatic rings. The highest BCUT2D eigenvalue weighted by Gasteiger charge is 2.37. The molecule has 0 N–H and O–H groups in total. The van der Waals surface area contributed by atoms with Gasteiger partial charge in [0.2, 0.25) is 0 Å². The fourth-order valence-corrected chi connectivity index (χ4v) is 4.12. The third kappa shape index (κ3) is 3.53. The van der Waals surface area contributed by atoms with Crippen LogP contribution in [0.15, 0.2) is 50.5 Å². The number of hydrogen-bond acceptors (Lipinski definition) is 6. The Labute approximate surface area is 165 Å². The average molecular weight is 433 g/mol. The summed E-state index contributed by atoms with van der Waals surface area (Å²) in [6, 6.07) is 5.38. The first-order valence-electron chi connectivity index (χ1n) is 8.00. The highest BCUT2D eigenvalue weighted by molar-refractivity contribution is 9.10. The maximum Gasteiger partial charge on any atom is 0.338 e. The van der Waals surface area contributed by atoms with Gasteiger partial charge in [-0.15, -0.1) is 6.42 Å². The third-order valence-corrected chi connectivity index (χ3v) is 5.29. The Balaban J connectivity index is 2.03. The Morgan fingerprint density at radius 3 is 3.00 bits per heavy atom. The van der Waals surface area contributed by atoms with Crippen molar-refractivity contribution in [3.05, 3.63) is 51.1 Å². The summed E-state index contributed by atoms with van der Waals surface area (Å²) in [7, 11) is 0. The van der Waals surface area contributed by atoms with Gasteiger partial charge in [0, 0.05) is 6.20 Å². The zero-order valence-electron chi connectivity index (χ0n) is 14.4. The fraction of sp³-hybridized carbons (Fsp3) is 0.263. The summed E-state index contributed by atoms with van der Waals surface area (Å²) < 4.78 is 11.6. The van der Waals surface area contributed by atoms with Crippen LogP contribution in [0.3, 0.4) is 0 Å². The Morgan fingerprint density at radius 1 is 1.50 bits per heavy atom. The van der Waals surface area contributed by atoms with Crippen molar-refractivity contribution >= 4 is 38.8 Å². The highest BCUT2D eigenvalue weighted by atomic mass is 79.9. The molecule has 0 radical (unpaired) electrons. The first-order chi connectivity index (χ1) is 12.6. The summed E-state index contributed by atoms with van der Waals surface area (Å²) in [4.78, 5) is 19.1. The number of esters is 1. The Bertz CT molecular complexity index is 870. The maximum absolute atomic E-state index is 12.6.